The van der Waals surface area contributed by atoms with Gasteiger partial charge in [-0.1, -0.05) is 18.2 Å². The Labute approximate surface area is 172 Å². The molecule has 4 N–H and O–H groups in total. The summed E-state index contributed by atoms with van der Waals surface area (Å²) in [7, 11) is 0. The molecule has 0 unspecified atom stereocenters. The van der Waals surface area contributed by atoms with Crippen molar-refractivity contribution >= 4 is 23.3 Å². The van der Waals surface area contributed by atoms with Crippen molar-refractivity contribution in [3.8, 4) is 0 Å². The van der Waals surface area contributed by atoms with Crippen LogP contribution in [0.15, 0.2) is 48.5 Å². The molecule has 160 valence electrons. The Hall–Kier alpha value is -3.04. The molecule has 0 radical (unpaired) electrons. The van der Waals surface area contributed by atoms with Crippen molar-refractivity contribution in [3.05, 3.63) is 60.2 Å². The van der Waals surface area contributed by atoms with Gasteiger partial charge >= 0.3 is 6.03 Å². The number of hydrogen-bond acceptors (Lipinski definition) is 4. The zero-order valence-corrected chi connectivity index (χ0v) is 16.1. The summed E-state index contributed by atoms with van der Waals surface area (Å²) >= 11 is 0. The lowest BCUT2D eigenvalue weighted by Crippen LogP contribution is -2.52. The summed E-state index contributed by atoms with van der Waals surface area (Å²) in [5.74, 6) is -1.67. The van der Waals surface area contributed by atoms with Crippen LogP contribution in [0.5, 0.6) is 0 Å². The van der Waals surface area contributed by atoms with E-state index < -0.39 is 35.9 Å². The Morgan fingerprint density at radius 2 is 1.83 bits per heavy atom. The van der Waals surface area contributed by atoms with E-state index in [0.717, 1.165) is 18.2 Å². The van der Waals surface area contributed by atoms with Crippen LogP contribution in [-0.4, -0.2) is 41.9 Å². The van der Waals surface area contributed by atoms with E-state index in [0.29, 0.717) is 18.5 Å². The summed E-state index contributed by atoms with van der Waals surface area (Å²) in [6.07, 6.45) is -0.0892. The van der Waals surface area contributed by atoms with Crippen LogP contribution >= 0.6 is 0 Å². The van der Waals surface area contributed by atoms with E-state index in [1.807, 2.05) is 18.2 Å². The van der Waals surface area contributed by atoms with Gasteiger partial charge in [-0.25, -0.2) is 13.6 Å². The number of nitrogens with one attached hydrogen (secondary N) is 3. The molecule has 0 bridgehead atoms. The van der Waals surface area contributed by atoms with Crippen LogP contribution in [0.3, 0.4) is 0 Å². The van der Waals surface area contributed by atoms with Gasteiger partial charge in [0.1, 0.15) is 17.7 Å². The molecule has 1 aliphatic heterocycles. The van der Waals surface area contributed by atoms with E-state index in [4.69, 9.17) is 4.74 Å². The quantitative estimate of drug-likeness (QED) is 0.578. The number of halogens is 2. The normalized spacial score (nSPS) is 21.0. The Morgan fingerprint density at radius 3 is 2.57 bits per heavy atom. The highest BCUT2D eigenvalue weighted by Crippen LogP contribution is 2.23. The van der Waals surface area contributed by atoms with Crippen molar-refractivity contribution in [1.82, 2.24) is 5.32 Å². The number of urea groups is 1. The summed E-state index contributed by atoms with van der Waals surface area (Å²) in [5, 5.41) is 17.3. The van der Waals surface area contributed by atoms with E-state index in [9.17, 15) is 23.5 Å². The second kappa shape index (κ2) is 10.1. The lowest BCUT2D eigenvalue weighted by atomic mass is 9.97. The maximum absolute atomic E-state index is 13.7. The number of carbonyl (C=O) groups excluding carboxylic acids is 2. The number of ether oxygens (including phenoxy) is 1. The van der Waals surface area contributed by atoms with Gasteiger partial charge in [-0.2, -0.15) is 0 Å². The molecular weight excluding hydrogens is 396 g/mol. The average molecular weight is 419 g/mol. The van der Waals surface area contributed by atoms with Crippen molar-refractivity contribution in [3.63, 3.8) is 0 Å². The van der Waals surface area contributed by atoms with Crippen LogP contribution in [0.2, 0.25) is 0 Å². The van der Waals surface area contributed by atoms with Crippen molar-refractivity contribution in [2.75, 3.05) is 17.2 Å². The lowest BCUT2D eigenvalue weighted by molar-refractivity contribution is -0.126. The minimum atomic E-state index is -0.769. The summed E-state index contributed by atoms with van der Waals surface area (Å²) in [6, 6.07) is 10.5. The zero-order chi connectivity index (χ0) is 21.5. The molecule has 1 fully saturated rings. The standard InChI is InChI=1S/C21H23F2N3O4/c22-13-6-8-16(23)18(10-13)26-21(29)25-17-9-7-15(30-19(17)12-27)11-20(28)24-14-4-2-1-3-5-14/h1-6,8,10,15,17,19,27H,7,9,11-12H2,(H,24,28)(H2,25,26,29)/t15-,17-,19-/m0/s1. The van der Waals surface area contributed by atoms with Crippen molar-refractivity contribution in [2.24, 2.45) is 0 Å². The molecule has 1 aliphatic rings. The molecular formula is C21H23F2N3O4. The van der Waals surface area contributed by atoms with Gasteiger partial charge in [0.15, 0.2) is 0 Å². The molecule has 7 nitrogen and oxygen atoms in total. The minimum absolute atomic E-state index is 0.110. The van der Waals surface area contributed by atoms with Crippen LogP contribution in [-0.2, 0) is 9.53 Å². The van der Waals surface area contributed by atoms with E-state index in [1.165, 1.54) is 0 Å². The van der Waals surface area contributed by atoms with Gasteiger partial charge in [0.25, 0.3) is 0 Å². The summed E-state index contributed by atoms with van der Waals surface area (Å²) in [5.41, 5.74) is 0.387. The van der Waals surface area contributed by atoms with Gasteiger partial charge in [0.05, 0.1) is 30.9 Å². The second-order valence-corrected chi connectivity index (χ2v) is 7.00. The van der Waals surface area contributed by atoms with Gasteiger partial charge < -0.3 is 25.8 Å². The number of amides is 3. The van der Waals surface area contributed by atoms with Crippen LogP contribution < -0.4 is 16.0 Å². The summed E-state index contributed by atoms with van der Waals surface area (Å²) < 4.78 is 32.7. The summed E-state index contributed by atoms with van der Waals surface area (Å²) in [6.45, 7) is -0.365. The number of hydrogen-bond donors (Lipinski definition) is 4. The number of benzene rings is 2. The topological polar surface area (TPSA) is 99.7 Å². The first-order chi connectivity index (χ1) is 14.4. The molecule has 3 atom stereocenters. The van der Waals surface area contributed by atoms with E-state index in [1.54, 1.807) is 12.1 Å². The number of anilines is 2. The molecule has 2 aromatic rings. The molecule has 0 aliphatic carbocycles. The van der Waals surface area contributed by atoms with Crippen molar-refractivity contribution in [2.45, 2.75) is 37.5 Å². The first-order valence-electron chi connectivity index (χ1n) is 9.58. The highest BCUT2D eigenvalue weighted by atomic mass is 19.1. The van der Waals surface area contributed by atoms with Gasteiger partial charge in [-0.15, -0.1) is 0 Å². The number of rotatable bonds is 6. The van der Waals surface area contributed by atoms with Crippen LogP contribution in [0, 0.1) is 11.6 Å². The van der Waals surface area contributed by atoms with Crippen molar-refractivity contribution in [1.29, 1.82) is 0 Å². The number of aliphatic hydroxyl groups excluding tert-OH is 1. The second-order valence-electron chi connectivity index (χ2n) is 7.00. The third-order valence-corrected chi connectivity index (χ3v) is 4.76. The number of aliphatic hydroxyl groups is 1. The predicted molar refractivity (Wildman–Crippen MR) is 107 cm³/mol. The molecule has 1 saturated heterocycles. The fourth-order valence-electron chi connectivity index (χ4n) is 3.31. The van der Waals surface area contributed by atoms with Crippen molar-refractivity contribution < 1.29 is 28.2 Å². The molecule has 0 aromatic heterocycles. The maximum atomic E-state index is 13.7. The summed E-state index contributed by atoms with van der Waals surface area (Å²) in [4.78, 5) is 24.4. The third-order valence-electron chi connectivity index (χ3n) is 4.76. The predicted octanol–water partition coefficient (Wildman–Crippen LogP) is 3.02. The number of carbonyl (C=O) groups is 2. The number of para-hydroxylation sites is 1. The Morgan fingerprint density at radius 1 is 1.07 bits per heavy atom. The monoisotopic (exact) mass is 419 g/mol. The largest absolute Gasteiger partial charge is 0.394 e. The zero-order valence-electron chi connectivity index (χ0n) is 16.1. The van der Waals surface area contributed by atoms with E-state index >= 15 is 0 Å². The molecule has 9 heteroatoms. The average Bonchev–Trinajstić information content (AvgIpc) is 2.72. The molecule has 1 heterocycles. The molecule has 3 rings (SSSR count). The smallest absolute Gasteiger partial charge is 0.319 e. The molecule has 2 aromatic carbocycles. The first kappa shape index (κ1) is 21.7. The Bertz CT molecular complexity index is 882. The highest BCUT2D eigenvalue weighted by molar-refractivity contribution is 5.91. The SMILES string of the molecule is O=C(C[C@@H]1CC[C@H](NC(=O)Nc2cc(F)ccc2F)[C@H](CO)O1)Nc1ccccc1. The molecule has 0 saturated carbocycles. The molecule has 3 amide bonds. The minimum Gasteiger partial charge on any atom is -0.394 e. The van der Waals surface area contributed by atoms with E-state index in [2.05, 4.69) is 16.0 Å². The molecule has 0 spiro atoms. The third kappa shape index (κ3) is 5.98. The highest BCUT2D eigenvalue weighted by Gasteiger charge is 2.33. The Balaban J connectivity index is 1.50. The fraction of sp³-hybridized carbons (Fsp3) is 0.333. The Kier molecular flexibility index (Phi) is 7.31. The maximum Gasteiger partial charge on any atom is 0.319 e. The van der Waals surface area contributed by atoms with E-state index in [-0.39, 0.29) is 24.6 Å². The van der Waals surface area contributed by atoms with Gasteiger partial charge in [-0.3, -0.25) is 4.79 Å². The van der Waals surface area contributed by atoms with Gasteiger partial charge in [0.2, 0.25) is 5.91 Å². The van der Waals surface area contributed by atoms with Crippen LogP contribution in [0.4, 0.5) is 25.0 Å². The first-order valence-corrected chi connectivity index (χ1v) is 9.58. The van der Waals surface area contributed by atoms with Gasteiger partial charge in [-0.05, 0) is 37.1 Å². The van der Waals surface area contributed by atoms with Crippen LogP contribution in [0.25, 0.3) is 0 Å². The molecule has 30 heavy (non-hydrogen) atoms. The van der Waals surface area contributed by atoms with Gasteiger partial charge in [0, 0.05) is 11.8 Å². The fourth-order valence-corrected chi connectivity index (χ4v) is 3.31. The van der Waals surface area contributed by atoms with Crippen LogP contribution in [0.1, 0.15) is 19.3 Å². The lowest BCUT2D eigenvalue weighted by Gasteiger charge is -2.35.